The molecule has 0 saturated heterocycles. The average molecular weight is 200 g/mol. The molecular weight excluding hydrogens is 190 g/mol. The Bertz CT molecular complexity index is 313. The first-order valence-electron chi connectivity index (χ1n) is 4.21. The van der Waals surface area contributed by atoms with E-state index in [4.69, 9.17) is 4.74 Å². The smallest absolute Gasteiger partial charge is 0.150 e. The van der Waals surface area contributed by atoms with Gasteiger partial charge in [-0.05, 0) is 12.1 Å². The topological polar surface area (TPSA) is 26.3 Å². The van der Waals surface area contributed by atoms with Gasteiger partial charge in [0, 0.05) is 18.1 Å². The van der Waals surface area contributed by atoms with E-state index < -0.39 is 12.5 Å². The molecule has 0 amide bonds. The lowest BCUT2D eigenvalue weighted by Gasteiger charge is -2.05. The van der Waals surface area contributed by atoms with Gasteiger partial charge >= 0.3 is 0 Å². The molecule has 1 rings (SSSR count). The van der Waals surface area contributed by atoms with Crippen LogP contribution in [0.15, 0.2) is 18.2 Å². The van der Waals surface area contributed by atoms with Gasteiger partial charge in [0.25, 0.3) is 0 Å². The fraction of sp³-hybridized carbons (Fsp3) is 0.300. The summed E-state index contributed by atoms with van der Waals surface area (Å²) in [7, 11) is 0. The molecule has 0 unspecified atom stereocenters. The Balaban J connectivity index is 2.66. The fourth-order valence-electron chi connectivity index (χ4n) is 0.980. The van der Waals surface area contributed by atoms with Crippen LogP contribution in [0.25, 0.3) is 0 Å². The first-order chi connectivity index (χ1) is 6.76. The van der Waals surface area contributed by atoms with Crippen molar-refractivity contribution in [3.8, 4) is 5.75 Å². The van der Waals surface area contributed by atoms with Gasteiger partial charge < -0.3 is 4.74 Å². The normalized spacial score (nSPS) is 9.86. The van der Waals surface area contributed by atoms with Crippen molar-refractivity contribution >= 4 is 6.29 Å². The molecule has 4 heteroatoms. The van der Waals surface area contributed by atoms with E-state index in [2.05, 4.69) is 0 Å². The molecule has 14 heavy (non-hydrogen) atoms. The molecule has 0 atom stereocenters. The molecule has 0 aromatic heterocycles. The van der Waals surface area contributed by atoms with Crippen molar-refractivity contribution in [1.29, 1.82) is 0 Å². The number of carbonyl (C=O) groups is 1. The van der Waals surface area contributed by atoms with E-state index in [1.165, 1.54) is 6.07 Å². The van der Waals surface area contributed by atoms with Gasteiger partial charge in [-0.1, -0.05) is 0 Å². The van der Waals surface area contributed by atoms with Gasteiger partial charge in [-0.15, -0.1) is 0 Å². The van der Waals surface area contributed by atoms with Gasteiger partial charge in [-0.3, -0.25) is 9.18 Å². The third kappa shape index (κ3) is 3.12. The van der Waals surface area contributed by atoms with Gasteiger partial charge in [0.05, 0.1) is 13.3 Å². The number of alkyl halides is 1. The van der Waals surface area contributed by atoms with Crippen LogP contribution in [-0.2, 0) is 0 Å². The number of hydrogen-bond acceptors (Lipinski definition) is 2. The van der Waals surface area contributed by atoms with Crippen LogP contribution >= 0.6 is 0 Å². The molecule has 0 heterocycles. The van der Waals surface area contributed by atoms with Crippen LogP contribution in [-0.4, -0.2) is 19.6 Å². The second kappa shape index (κ2) is 5.32. The Hall–Kier alpha value is -1.45. The monoisotopic (exact) mass is 200 g/mol. The minimum absolute atomic E-state index is 0.179. The number of halogens is 2. The zero-order valence-corrected chi connectivity index (χ0v) is 7.50. The Kier molecular flexibility index (Phi) is 4.04. The summed E-state index contributed by atoms with van der Waals surface area (Å²) in [6.45, 7) is -0.298. The Morgan fingerprint density at radius 3 is 2.79 bits per heavy atom. The molecular formula is C10H10F2O2. The zero-order valence-electron chi connectivity index (χ0n) is 7.50. The Labute approximate surface area is 80.5 Å². The summed E-state index contributed by atoms with van der Waals surface area (Å²) in [6, 6.07) is 3.68. The minimum Gasteiger partial charge on any atom is -0.493 e. The fourth-order valence-corrected chi connectivity index (χ4v) is 0.980. The lowest BCUT2D eigenvalue weighted by atomic mass is 10.2. The molecule has 0 aliphatic heterocycles. The van der Waals surface area contributed by atoms with Crippen molar-refractivity contribution in [2.45, 2.75) is 6.42 Å². The molecule has 0 saturated carbocycles. The van der Waals surface area contributed by atoms with E-state index in [0.717, 1.165) is 12.1 Å². The maximum Gasteiger partial charge on any atom is 0.150 e. The highest BCUT2D eigenvalue weighted by molar-refractivity contribution is 5.75. The summed E-state index contributed by atoms with van der Waals surface area (Å²) in [6.07, 6.45) is 0.790. The zero-order chi connectivity index (χ0) is 10.4. The molecule has 0 radical (unpaired) electrons. The summed E-state index contributed by atoms with van der Waals surface area (Å²) in [5.74, 6) is -0.287. The molecule has 0 fully saturated rings. The summed E-state index contributed by atoms with van der Waals surface area (Å²) in [4.78, 5) is 10.4. The summed E-state index contributed by atoms with van der Waals surface area (Å²) >= 11 is 0. The third-order valence-electron chi connectivity index (χ3n) is 1.58. The largest absolute Gasteiger partial charge is 0.493 e. The summed E-state index contributed by atoms with van der Waals surface area (Å²) < 4.78 is 29.6. The standard InChI is InChI=1S/C10H10F2O2/c11-2-1-3-14-10-5-8(7-13)4-9(12)6-10/h4-7H,1-3H2. The van der Waals surface area contributed by atoms with Crippen LogP contribution in [0.2, 0.25) is 0 Å². The van der Waals surface area contributed by atoms with Crippen LogP contribution in [0.1, 0.15) is 16.8 Å². The van der Waals surface area contributed by atoms with Crippen LogP contribution in [0.3, 0.4) is 0 Å². The Morgan fingerprint density at radius 1 is 1.36 bits per heavy atom. The first kappa shape index (κ1) is 10.6. The van der Waals surface area contributed by atoms with E-state index in [1.54, 1.807) is 0 Å². The molecule has 0 spiro atoms. The predicted molar refractivity (Wildman–Crippen MR) is 47.9 cm³/mol. The first-order valence-corrected chi connectivity index (χ1v) is 4.21. The van der Waals surface area contributed by atoms with Crippen molar-refractivity contribution in [3.05, 3.63) is 29.6 Å². The summed E-state index contributed by atoms with van der Waals surface area (Å²) in [5, 5.41) is 0. The number of ether oxygens (including phenoxy) is 1. The number of aldehydes is 1. The molecule has 0 bridgehead atoms. The highest BCUT2D eigenvalue weighted by Crippen LogP contribution is 2.15. The van der Waals surface area contributed by atoms with Gasteiger partial charge in [0.1, 0.15) is 17.9 Å². The molecule has 0 aliphatic rings. The van der Waals surface area contributed by atoms with Crippen LogP contribution in [0.5, 0.6) is 5.75 Å². The number of carbonyl (C=O) groups excluding carboxylic acids is 1. The number of rotatable bonds is 5. The molecule has 1 aromatic carbocycles. The summed E-state index contributed by atoms with van der Waals surface area (Å²) in [5.41, 5.74) is 0.209. The van der Waals surface area contributed by atoms with Gasteiger partial charge in [0.2, 0.25) is 0 Å². The molecule has 2 nitrogen and oxygen atoms in total. The van der Waals surface area contributed by atoms with Crippen LogP contribution < -0.4 is 4.74 Å². The van der Waals surface area contributed by atoms with Crippen molar-refractivity contribution in [2.24, 2.45) is 0 Å². The highest BCUT2D eigenvalue weighted by atomic mass is 19.1. The number of benzene rings is 1. The SMILES string of the molecule is O=Cc1cc(F)cc(OCCCF)c1. The molecule has 1 aromatic rings. The maximum atomic E-state index is 12.8. The van der Waals surface area contributed by atoms with Crippen molar-refractivity contribution < 1.29 is 18.3 Å². The highest BCUT2D eigenvalue weighted by Gasteiger charge is 2.00. The van der Waals surface area contributed by atoms with Crippen molar-refractivity contribution in [2.75, 3.05) is 13.3 Å². The van der Waals surface area contributed by atoms with Crippen molar-refractivity contribution in [1.82, 2.24) is 0 Å². The van der Waals surface area contributed by atoms with Gasteiger partial charge in [0.15, 0.2) is 0 Å². The third-order valence-corrected chi connectivity index (χ3v) is 1.58. The minimum atomic E-state index is -0.537. The van der Waals surface area contributed by atoms with Gasteiger partial charge in [-0.25, -0.2) is 4.39 Å². The lowest BCUT2D eigenvalue weighted by Crippen LogP contribution is -1.99. The maximum absolute atomic E-state index is 12.8. The molecule has 76 valence electrons. The quantitative estimate of drug-likeness (QED) is 0.538. The van der Waals surface area contributed by atoms with E-state index in [0.29, 0.717) is 6.29 Å². The second-order valence-corrected chi connectivity index (χ2v) is 2.73. The molecule has 0 aliphatic carbocycles. The predicted octanol–water partition coefficient (Wildman–Crippen LogP) is 2.38. The second-order valence-electron chi connectivity index (χ2n) is 2.73. The van der Waals surface area contributed by atoms with E-state index in [1.807, 2.05) is 0 Å². The Morgan fingerprint density at radius 2 is 2.14 bits per heavy atom. The van der Waals surface area contributed by atoms with E-state index in [9.17, 15) is 13.6 Å². The molecule has 0 N–H and O–H groups in total. The van der Waals surface area contributed by atoms with Gasteiger partial charge in [-0.2, -0.15) is 0 Å². The van der Waals surface area contributed by atoms with Crippen LogP contribution in [0.4, 0.5) is 8.78 Å². The van der Waals surface area contributed by atoms with Crippen molar-refractivity contribution in [3.63, 3.8) is 0 Å². The van der Waals surface area contributed by atoms with E-state index in [-0.39, 0.29) is 24.3 Å². The lowest BCUT2D eigenvalue weighted by molar-refractivity contribution is 0.112. The average Bonchev–Trinajstić information content (AvgIpc) is 2.17. The van der Waals surface area contributed by atoms with Crippen LogP contribution in [0, 0.1) is 5.82 Å². The number of hydrogen-bond donors (Lipinski definition) is 0. The van der Waals surface area contributed by atoms with E-state index >= 15 is 0 Å².